The monoisotopic (exact) mass is 437 g/mol. The van der Waals surface area contributed by atoms with E-state index in [1.807, 2.05) is 37.3 Å². The fourth-order valence-corrected chi connectivity index (χ4v) is 3.34. The van der Waals surface area contributed by atoms with E-state index >= 15 is 0 Å². The summed E-state index contributed by atoms with van der Waals surface area (Å²) in [4.78, 5) is 46.6. The molecule has 0 aliphatic carbocycles. The number of anilines is 2. The van der Waals surface area contributed by atoms with Crippen LogP contribution in [0.1, 0.15) is 42.6 Å². The van der Waals surface area contributed by atoms with E-state index in [9.17, 15) is 14.4 Å². The predicted molar refractivity (Wildman–Crippen MR) is 123 cm³/mol. The number of hydrogen-bond acceptors (Lipinski definition) is 6. The Kier molecular flexibility index (Phi) is 7.43. The Labute approximate surface area is 185 Å². The first-order valence-corrected chi connectivity index (χ1v) is 10.5. The highest BCUT2D eigenvalue weighted by Crippen LogP contribution is 2.24. The van der Waals surface area contributed by atoms with Gasteiger partial charge in [-0.15, -0.1) is 0 Å². The van der Waals surface area contributed by atoms with Gasteiger partial charge >= 0.3 is 5.69 Å². The van der Waals surface area contributed by atoms with Gasteiger partial charge < -0.3 is 15.4 Å². The second-order valence-electron chi connectivity index (χ2n) is 7.16. The van der Waals surface area contributed by atoms with E-state index in [0.717, 1.165) is 12.0 Å². The topological polar surface area (TPSA) is 123 Å². The standard InChI is InChI=1S/C23H27N5O4/c1-3-5-14-27(22(30)17-12-9-13-25-21(17)32-4-2)18-19(24)28(23(31)26-20(18)29)15-16-10-7-6-8-11-16/h6-13H,3-5,14-15,24H2,1-2H3,(H,26,29,31). The summed E-state index contributed by atoms with van der Waals surface area (Å²) in [7, 11) is 0. The van der Waals surface area contributed by atoms with E-state index < -0.39 is 17.2 Å². The van der Waals surface area contributed by atoms with Crippen LogP contribution in [0.4, 0.5) is 11.5 Å². The van der Waals surface area contributed by atoms with Crippen LogP contribution in [0.3, 0.4) is 0 Å². The van der Waals surface area contributed by atoms with Crippen molar-refractivity contribution in [2.24, 2.45) is 0 Å². The minimum atomic E-state index is -0.719. The Hall–Kier alpha value is -3.88. The van der Waals surface area contributed by atoms with Gasteiger partial charge in [0, 0.05) is 12.7 Å². The Morgan fingerprint density at radius 1 is 1.16 bits per heavy atom. The molecule has 0 aliphatic rings. The summed E-state index contributed by atoms with van der Waals surface area (Å²) in [6.07, 6.45) is 2.95. The molecule has 0 unspecified atom stereocenters. The van der Waals surface area contributed by atoms with Crippen LogP contribution in [0.2, 0.25) is 0 Å². The number of carbonyl (C=O) groups is 1. The van der Waals surface area contributed by atoms with Crippen molar-refractivity contribution in [2.45, 2.75) is 33.2 Å². The molecular weight excluding hydrogens is 410 g/mol. The molecule has 0 aliphatic heterocycles. The van der Waals surface area contributed by atoms with Gasteiger partial charge in [-0.25, -0.2) is 9.78 Å². The number of nitrogen functional groups attached to an aromatic ring is 1. The van der Waals surface area contributed by atoms with Gasteiger partial charge in [0.25, 0.3) is 11.5 Å². The van der Waals surface area contributed by atoms with Gasteiger partial charge in [-0.1, -0.05) is 43.7 Å². The largest absolute Gasteiger partial charge is 0.477 e. The molecule has 0 bridgehead atoms. The molecule has 0 saturated carbocycles. The van der Waals surface area contributed by atoms with Gasteiger partial charge in [0.05, 0.1) is 13.2 Å². The number of nitrogens with zero attached hydrogens (tertiary/aromatic N) is 3. The summed E-state index contributed by atoms with van der Waals surface area (Å²) in [6.45, 7) is 4.49. The molecule has 1 amide bonds. The normalized spacial score (nSPS) is 10.7. The number of carbonyl (C=O) groups excluding carboxylic acids is 1. The zero-order valence-electron chi connectivity index (χ0n) is 18.2. The number of H-pyrrole nitrogens is 1. The molecule has 9 nitrogen and oxygen atoms in total. The number of nitrogens with one attached hydrogen (secondary N) is 1. The number of unbranched alkanes of at least 4 members (excludes halogenated alkanes) is 1. The first-order chi connectivity index (χ1) is 15.5. The van der Waals surface area contributed by atoms with Crippen molar-refractivity contribution in [1.82, 2.24) is 14.5 Å². The van der Waals surface area contributed by atoms with E-state index in [1.54, 1.807) is 19.1 Å². The quantitative estimate of drug-likeness (QED) is 0.530. The first-order valence-electron chi connectivity index (χ1n) is 10.5. The number of nitrogens with two attached hydrogens (primary N) is 1. The van der Waals surface area contributed by atoms with Crippen molar-refractivity contribution in [3.63, 3.8) is 0 Å². The van der Waals surface area contributed by atoms with Crippen molar-refractivity contribution >= 4 is 17.4 Å². The summed E-state index contributed by atoms with van der Waals surface area (Å²) < 4.78 is 6.75. The van der Waals surface area contributed by atoms with Crippen LogP contribution in [-0.2, 0) is 6.54 Å². The van der Waals surface area contributed by atoms with Crippen LogP contribution < -0.4 is 26.6 Å². The Bertz CT molecular complexity index is 1190. The van der Waals surface area contributed by atoms with Crippen LogP contribution >= 0.6 is 0 Å². The molecule has 0 atom stereocenters. The maximum absolute atomic E-state index is 13.5. The van der Waals surface area contributed by atoms with Crippen LogP contribution in [0.15, 0.2) is 58.3 Å². The van der Waals surface area contributed by atoms with Crippen LogP contribution in [0.5, 0.6) is 5.88 Å². The fourth-order valence-electron chi connectivity index (χ4n) is 3.34. The maximum Gasteiger partial charge on any atom is 0.330 e. The number of aromatic amines is 1. The molecule has 1 aromatic carbocycles. The molecule has 0 saturated heterocycles. The van der Waals surface area contributed by atoms with Crippen molar-refractivity contribution < 1.29 is 9.53 Å². The number of hydrogen-bond donors (Lipinski definition) is 2. The zero-order valence-corrected chi connectivity index (χ0v) is 18.2. The van der Waals surface area contributed by atoms with E-state index in [1.165, 1.54) is 15.7 Å². The Balaban J connectivity index is 2.12. The van der Waals surface area contributed by atoms with Gasteiger partial charge in [-0.2, -0.15) is 0 Å². The van der Waals surface area contributed by atoms with Crippen molar-refractivity contribution in [2.75, 3.05) is 23.8 Å². The molecule has 2 heterocycles. The van der Waals surface area contributed by atoms with E-state index in [4.69, 9.17) is 10.5 Å². The summed E-state index contributed by atoms with van der Waals surface area (Å²) >= 11 is 0. The van der Waals surface area contributed by atoms with Crippen molar-refractivity contribution in [1.29, 1.82) is 0 Å². The molecule has 32 heavy (non-hydrogen) atoms. The number of amides is 1. The van der Waals surface area contributed by atoms with Gasteiger partial charge in [0.15, 0.2) is 5.69 Å². The molecule has 3 aromatic rings. The number of rotatable bonds is 9. The summed E-state index contributed by atoms with van der Waals surface area (Å²) in [5, 5.41) is 0. The smallest absolute Gasteiger partial charge is 0.330 e. The predicted octanol–water partition coefficient (Wildman–Crippen LogP) is 2.41. The summed E-state index contributed by atoms with van der Waals surface area (Å²) in [5.41, 5.74) is 5.94. The molecule has 9 heteroatoms. The fraction of sp³-hybridized carbons (Fsp3) is 0.304. The first kappa shape index (κ1) is 22.8. The maximum atomic E-state index is 13.5. The van der Waals surface area contributed by atoms with Gasteiger partial charge in [0.1, 0.15) is 11.4 Å². The van der Waals surface area contributed by atoms with Crippen LogP contribution in [-0.4, -0.2) is 33.6 Å². The lowest BCUT2D eigenvalue weighted by Gasteiger charge is -2.25. The Morgan fingerprint density at radius 3 is 2.59 bits per heavy atom. The molecular formula is C23H27N5O4. The minimum Gasteiger partial charge on any atom is -0.477 e. The highest BCUT2D eigenvalue weighted by atomic mass is 16.5. The lowest BCUT2D eigenvalue weighted by atomic mass is 10.2. The average molecular weight is 438 g/mol. The minimum absolute atomic E-state index is 0.0646. The highest BCUT2D eigenvalue weighted by Gasteiger charge is 2.27. The molecule has 0 fully saturated rings. The van der Waals surface area contributed by atoms with Gasteiger partial charge in [-0.05, 0) is 31.0 Å². The third-order valence-corrected chi connectivity index (χ3v) is 4.93. The second-order valence-corrected chi connectivity index (χ2v) is 7.16. The number of benzene rings is 1. The van der Waals surface area contributed by atoms with Crippen molar-refractivity contribution in [3.05, 3.63) is 80.6 Å². The number of pyridine rings is 1. The molecule has 3 rings (SSSR count). The molecule has 0 radical (unpaired) electrons. The summed E-state index contributed by atoms with van der Waals surface area (Å²) in [5.74, 6) is -0.375. The van der Waals surface area contributed by atoms with Gasteiger partial charge in [-0.3, -0.25) is 19.1 Å². The van der Waals surface area contributed by atoms with E-state index in [0.29, 0.717) is 13.0 Å². The van der Waals surface area contributed by atoms with Crippen LogP contribution in [0, 0.1) is 0 Å². The number of aromatic nitrogens is 3. The Morgan fingerprint density at radius 2 is 1.91 bits per heavy atom. The number of ether oxygens (including phenoxy) is 1. The van der Waals surface area contributed by atoms with E-state index in [-0.39, 0.29) is 36.0 Å². The summed E-state index contributed by atoms with van der Waals surface area (Å²) in [6, 6.07) is 12.5. The van der Waals surface area contributed by atoms with Gasteiger partial charge in [0.2, 0.25) is 5.88 Å². The van der Waals surface area contributed by atoms with Crippen molar-refractivity contribution in [3.8, 4) is 5.88 Å². The molecule has 3 N–H and O–H groups in total. The zero-order chi connectivity index (χ0) is 23.1. The lowest BCUT2D eigenvalue weighted by Crippen LogP contribution is -2.42. The SMILES string of the molecule is CCCCN(C(=O)c1cccnc1OCC)c1c(N)n(Cc2ccccc2)c(=O)[nH]c1=O. The highest BCUT2D eigenvalue weighted by molar-refractivity contribution is 6.08. The third kappa shape index (κ3) is 4.88. The van der Waals surface area contributed by atoms with Crippen LogP contribution in [0.25, 0.3) is 0 Å². The third-order valence-electron chi connectivity index (χ3n) is 4.93. The second kappa shape index (κ2) is 10.4. The average Bonchev–Trinajstić information content (AvgIpc) is 2.79. The van der Waals surface area contributed by atoms with E-state index in [2.05, 4.69) is 9.97 Å². The molecule has 0 spiro atoms. The molecule has 2 aromatic heterocycles. The molecule has 168 valence electrons. The lowest BCUT2D eigenvalue weighted by molar-refractivity contribution is 0.0981.